The number of hydrogen-bond acceptors (Lipinski definition) is 11. The Hall–Kier alpha value is -3.84. The predicted octanol–water partition coefficient (Wildman–Crippen LogP) is 14.6. The number of aliphatic carboxylic acids is 1. The van der Waals surface area contributed by atoms with Crippen molar-refractivity contribution in [3.05, 3.63) is 72.9 Å². The molecular formula is C61H102O12. The number of aliphatic hydroxyl groups excluding tert-OH is 2. The van der Waals surface area contributed by atoms with Crippen molar-refractivity contribution in [1.82, 2.24) is 0 Å². The lowest BCUT2D eigenvalue weighted by atomic mass is 9.98. The molecule has 1 fully saturated rings. The third kappa shape index (κ3) is 39.3. The van der Waals surface area contributed by atoms with E-state index in [1.54, 1.807) is 0 Å². The third-order valence-electron chi connectivity index (χ3n) is 12.8. The van der Waals surface area contributed by atoms with Gasteiger partial charge in [0.15, 0.2) is 24.6 Å². The molecule has 1 rings (SSSR count). The average molecular weight is 1030 g/mol. The van der Waals surface area contributed by atoms with Gasteiger partial charge >= 0.3 is 23.9 Å². The van der Waals surface area contributed by atoms with E-state index in [1.165, 1.54) is 89.9 Å². The maximum atomic E-state index is 13.1. The van der Waals surface area contributed by atoms with Crippen molar-refractivity contribution < 1.29 is 58.2 Å². The molecule has 0 amide bonds. The highest BCUT2D eigenvalue weighted by molar-refractivity contribution is 5.74. The quantitative estimate of drug-likeness (QED) is 0.0228. The Morgan fingerprint density at radius 3 is 1.37 bits per heavy atom. The summed E-state index contributed by atoms with van der Waals surface area (Å²) in [5, 5.41) is 31.4. The molecule has 0 aromatic heterocycles. The van der Waals surface area contributed by atoms with E-state index in [0.717, 1.165) is 83.5 Å². The number of carbonyl (C=O) groups excluding carboxylic acids is 3. The van der Waals surface area contributed by atoms with Crippen molar-refractivity contribution in [3.8, 4) is 0 Å². The van der Waals surface area contributed by atoms with Gasteiger partial charge in [0.25, 0.3) is 0 Å². The number of carboxylic acid groups (broad SMARTS) is 1. The molecule has 0 radical (unpaired) electrons. The zero-order valence-corrected chi connectivity index (χ0v) is 45.9. The molecule has 6 unspecified atom stereocenters. The van der Waals surface area contributed by atoms with Gasteiger partial charge in [-0.3, -0.25) is 14.4 Å². The number of carbonyl (C=O) groups is 4. The van der Waals surface area contributed by atoms with Crippen LogP contribution in [0.15, 0.2) is 72.9 Å². The first-order valence-corrected chi connectivity index (χ1v) is 28.9. The maximum Gasteiger partial charge on any atom is 0.335 e. The van der Waals surface area contributed by atoms with E-state index in [9.17, 15) is 34.5 Å². The van der Waals surface area contributed by atoms with Crippen molar-refractivity contribution >= 4 is 23.9 Å². The molecule has 0 aromatic carbocycles. The lowest BCUT2D eigenvalue weighted by Gasteiger charge is -2.40. The van der Waals surface area contributed by atoms with Gasteiger partial charge in [0, 0.05) is 19.3 Å². The first-order valence-electron chi connectivity index (χ1n) is 28.9. The third-order valence-corrected chi connectivity index (χ3v) is 12.8. The first-order chi connectivity index (χ1) is 35.6. The summed E-state index contributed by atoms with van der Waals surface area (Å²) in [6.45, 7) is 5.80. The van der Waals surface area contributed by atoms with Crippen LogP contribution in [0.2, 0.25) is 0 Å². The van der Waals surface area contributed by atoms with Gasteiger partial charge in [-0.15, -0.1) is 0 Å². The van der Waals surface area contributed by atoms with Crippen LogP contribution < -0.4 is 0 Å². The Bertz CT molecular complexity index is 1550. The van der Waals surface area contributed by atoms with Crippen molar-refractivity contribution in [2.75, 3.05) is 13.2 Å². The molecule has 0 aliphatic carbocycles. The molecule has 12 heteroatoms. The smallest absolute Gasteiger partial charge is 0.335 e. The lowest BCUT2D eigenvalue weighted by Crippen LogP contribution is -2.61. The van der Waals surface area contributed by atoms with Gasteiger partial charge in [0.05, 0.1) is 6.61 Å². The minimum Gasteiger partial charge on any atom is -0.479 e. The standard InChI is InChI=1S/C61H102O12/c1-4-7-10-13-16-19-21-23-25-26-27-28-30-31-33-36-38-41-44-47-53(62)69-50-52(71-54(63)48-45-42-39-35-18-15-12-9-6-3)51-70-61-59(57(66)56(65)58(73-61)60(67)68)72-55(64)49-46-43-40-37-34-32-29-24-22-20-17-14-11-8-5-2/h8,11,16-17,19-20,23-25,29,34,37,52,56-59,61,65-66H,4-7,9-10,12-15,18,21-22,26-28,30-33,35-36,38-51H2,1-3H3,(H,67,68)/b11-8-,19-16-,20-17-,25-23-,29-24-,37-34-. The van der Waals surface area contributed by atoms with E-state index in [-0.39, 0.29) is 25.9 Å². The van der Waals surface area contributed by atoms with Crippen molar-refractivity contribution in [2.45, 2.75) is 276 Å². The van der Waals surface area contributed by atoms with Gasteiger partial charge in [-0.1, -0.05) is 203 Å². The SMILES string of the molecule is CC/C=C\C/C=C\C/C=C\C/C=C\CCCCC(=O)OC1C(OCC(COC(=O)CCCCCCCCCCC/C=C\C/C=C\CCCCC)OC(=O)CCCCCCCCCCC)OC(C(=O)O)C(O)C1O. The Morgan fingerprint density at radius 2 is 0.863 bits per heavy atom. The summed E-state index contributed by atoms with van der Waals surface area (Å²) in [5.74, 6) is -3.18. The highest BCUT2D eigenvalue weighted by Crippen LogP contribution is 2.26. The second-order valence-electron chi connectivity index (χ2n) is 19.5. The van der Waals surface area contributed by atoms with E-state index in [4.69, 9.17) is 23.7 Å². The summed E-state index contributed by atoms with van der Waals surface area (Å²) >= 11 is 0. The molecule has 73 heavy (non-hydrogen) atoms. The van der Waals surface area contributed by atoms with Crippen molar-refractivity contribution in [3.63, 3.8) is 0 Å². The first kappa shape index (κ1) is 67.2. The van der Waals surface area contributed by atoms with Crippen LogP contribution >= 0.6 is 0 Å². The van der Waals surface area contributed by atoms with Crippen LogP contribution in [0.3, 0.4) is 0 Å². The van der Waals surface area contributed by atoms with Crippen LogP contribution in [0, 0.1) is 0 Å². The molecule has 0 saturated carbocycles. The summed E-state index contributed by atoms with van der Waals surface area (Å²) < 4.78 is 28.3. The van der Waals surface area contributed by atoms with E-state index in [2.05, 4.69) is 93.7 Å². The molecule has 418 valence electrons. The van der Waals surface area contributed by atoms with E-state index in [0.29, 0.717) is 25.7 Å². The van der Waals surface area contributed by atoms with Crippen LogP contribution in [0.1, 0.15) is 239 Å². The molecule has 1 heterocycles. The van der Waals surface area contributed by atoms with Crippen LogP contribution in [0.25, 0.3) is 0 Å². The van der Waals surface area contributed by atoms with Crippen molar-refractivity contribution in [1.29, 1.82) is 0 Å². The number of esters is 3. The zero-order valence-electron chi connectivity index (χ0n) is 45.9. The van der Waals surface area contributed by atoms with E-state index >= 15 is 0 Å². The zero-order chi connectivity index (χ0) is 53.3. The Balaban J connectivity index is 2.66. The molecule has 12 nitrogen and oxygen atoms in total. The van der Waals surface area contributed by atoms with Crippen LogP contribution in [0.5, 0.6) is 0 Å². The van der Waals surface area contributed by atoms with Gasteiger partial charge in [-0.25, -0.2) is 4.79 Å². The summed E-state index contributed by atoms with van der Waals surface area (Å²) in [7, 11) is 0. The number of ether oxygens (including phenoxy) is 5. The van der Waals surface area contributed by atoms with Gasteiger partial charge < -0.3 is 39.0 Å². The second kappa shape index (κ2) is 49.1. The van der Waals surface area contributed by atoms with Gasteiger partial charge in [0.1, 0.15) is 18.8 Å². The summed E-state index contributed by atoms with van der Waals surface area (Å²) in [6, 6.07) is 0. The Morgan fingerprint density at radius 1 is 0.466 bits per heavy atom. The molecular weight excluding hydrogens is 925 g/mol. The largest absolute Gasteiger partial charge is 0.479 e. The molecule has 3 N–H and O–H groups in total. The predicted molar refractivity (Wildman–Crippen MR) is 294 cm³/mol. The minimum atomic E-state index is -1.92. The van der Waals surface area contributed by atoms with Gasteiger partial charge in [-0.05, 0) is 89.9 Å². The van der Waals surface area contributed by atoms with Crippen LogP contribution in [0.4, 0.5) is 0 Å². The molecule has 1 saturated heterocycles. The minimum absolute atomic E-state index is 0.00715. The molecule has 0 bridgehead atoms. The Labute approximate surface area is 442 Å². The highest BCUT2D eigenvalue weighted by Gasteiger charge is 2.50. The number of rotatable bonds is 48. The number of allylic oxidation sites excluding steroid dienone is 12. The average Bonchev–Trinajstić information content (AvgIpc) is 3.37. The highest BCUT2D eigenvalue weighted by atomic mass is 16.7. The van der Waals surface area contributed by atoms with E-state index < -0.39 is 67.3 Å². The fraction of sp³-hybridized carbons (Fsp3) is 0.738. The van der Waals surface area contributed by atoms with Gasteiger partial charge in [-0.2, -0.15) is 0 Å². The molecule has 6 atom stereocenters. The number of aliphatic hydroxyl groups is 2. The summed E-state index contributed by atoms with van der Waals surface area (Å²) in [4.78, 5) is 50.9. The molecule has 0 spiro atoms. The summed E-state index contributed by atoms with van der Waals surface area (Å²) in [6.07, 6.45) is 48.9. The molecule has 0 aromatic rings. The van der Waals surface area contributed by atoms with Gasteiger partial charge in [0.2, 0.25) is 0 Å². The van der Waals surface area contributed by atoms with Crippen LogP contribution in [-0.4, -0.2) is 89.2 Å². The normalized spacial score (nSPS) is 18.8. The monoisotopic (exact) mass is 1030 g/mol. The number of hydrogen-bond donors (Lipinski definition) is 3. The number of carboxylic acids is 1. The number of unbranched alkanes of at least 4 members (excludes halogenated alkanes) is 22. The fourth-order valence-electron chi connectivity index (χ4n) is 8.33. The topological polar surface area (TPSA) is 175 Å². The second-order valence-corrected chi connectivity index (χ2v) is 19.5. The maximum absolute atomic E-state index is 13.1. The van der Waals surface area contributed by atoms with Crippen molar-refractivity contribution in [2.24, 2.45) is 0 Å². The molecule has 1 aliphatic heterocycles. The Kier molecular flexibility index (Phi) is 45.1. The molecule has 1 aliphatic rings. The summed E-state index contributed by atoms with van der Waals surface area (Å²) in [5.41, 5.74) is 0. The fourth-order valence-corrected chi connectivity index (χ4v) is 8.33. The lowest BCUT2D eigenvalue weighted by molar-refractivity contribution is -0.301. The van der Waals surface area contributed by atoms with E-state index in [1.807, 2.05) is 0 Å². The van der Waals surface area contributed by atoms with Crippen LogP contribution in [-0.2, 0) is 42.9 Å².